The average Bonchev–Trinajstić information content (AvgIpc) is 2.60. The molecule has 2 rings (SSSR count). The van der Waals surface area contributed by atoms with Crippen molar-refractivity contribution < 1.29 is 24.5 Å². The molecule has 2 amide bonds. The number of benzene rings is 2. The maximum absolute atomic E-state index is 11.1. The number of phenolic OH excluding ortho intramolecular Hbond substituents is 2. The summed E-state index contributed by atoms with van der Waals surface area (Å²) >= 11 is 0. The lowest BCUT2D eigenvalue weighted by Crippen LogP contribution is -2.23. The molecule has 0 heterocycles. The number of amides is 2. The number of rotatable bonds is 3. The van der Waals surface area contributed by atoms with Gasteiger partial charge in [0.05, 0.1) is 12.8 Å². The largest absolute Gasteiger partial charge is 0.508 e. The first kappa shape index (κ1) is 21.8. The van der Waals surface area contributed by atoms with Crippen LogP contribution in [0.4, 0.5) is 11.4 Å². The molecule has 0 aliphatic carbocycles. The minimum absolute atomic E-state index is 0.0262. The van der Waals surface area contributed by atoms with Crippen molar-refractivity contribution in [2.75, 3.05) is 31.0 Å². The number of phenols is 2. The van der Waals surface area contributed by atoms with Crippen LogP contribution in [0.1, 0.15) is 19.4 Å². The van der Waals surface area contributed by atoms with E-state index in [2.05, 4.69) is 0 Å². The predicted octanol–water partition coefficient (Wildman–Crippen LogP) is 3.07. The molecule has 0 bridgehead atoms. The highest BCUT2D eigenvalue weighted by Crippen LogP contribution is 2.29. The molecule has 0 aromatic heterocycles. The third kappa shape index (κ3) is 5.91. The van der Waals surface area contributed by atoms with E-state index in [1.165, 1.54) is 30.0 Å². The normalized spacial score (nSPS) is 9.70. The van der Waals surface area contributed by atoms with Crippen LogP contribution in [0, 0.1) is 6.92 Å². The van der Waals surface area contributed by atoms with Crippen LogP contribution in [0.3, 0.4) is 0 Å². The summed E-state index contributed by atoms with van der Waals surface area (Å²) in [5.74, 6) is 0.512. The summed E-state index contributed by atoms with van der Waals surface area (Å²) < 4.78 is 5.09. The first-order valence-corrected chi connectivity index (χ1v) is 8.23. The van der Waals surface area contributed by atoms with Crippen molar-refractivity contribution in [3.63, 3.8) is 0 Å². The lowest BCUT2D eigenvalue weighted by molar-refractivity contribution is -0.117. The fourth-order valence-electron chi connectivity index (χ4n) is 2.27. The summed E-state index contributed by atoms with van der Waals surface area (Å²) in [7, 11) is 4.94. The number of hydrogen-bond acceptors (Lipinski definition) is 5. The monoisotopic (exact) mass is 374 g/mol. The molecule has 0 spiro atoms. The van der Waals surface area contributed by atoms with Crippen LogP contribution in [0.2, 0.25) is 0 Å². The quantitative estimate of drug-likeness (QED) is 0.862. The summed E-state index contributed by atoms with van der Waals surface area (Å²) in [6, 6.07) is 9.72. The number of aromatic hydroxyl groups is 2. The maximum atomic E-state index is 11.1. The van der Waals surface area contributed by atoms with Crippen molar-refractivity contribution in [1.29, 1.82) is 0 Å². The van der Waals surface area contributed by atoms with Crippen LogP contribution < -0.4 is 14.5 Å². The molecule has 0 saturated heterocycles. The molecular weight excluding hydrogens is 348 g/mol. The molecule has 27 heavy (non-hydrogen) atoms. The average molecular weight is 374 g/mol. The van der Waals surface area contributed by atoms with Crippen LogP contribution >= 0.6 is 0 Å². The van der Waals surface area contributed by atoms with Crippen molar-refractivity contribution in [1.82, 2.24) is 0 Å². The number of carbonyl (C=O) groups is 2. The standard InChI is InChI=1S/C11H15NO2.C9H11NO3/c1-8-7-10(14-4)5-6-11(8)12(3)9(2)13;1-6(11)10(2)8-4-3-7(12)5-9(8)13/h5-7H,1-4H3;3-5,12-13H,1-2H3. The van der Waals surface area contributed by atoms with Crippen molar-refractivity contribution in [2.24, 2.45) is 0 Å². The van der Waals surface area contributed by atoms with E-state index >= 15 is 0 Å². The van der Waals surface area contributed by atoms with Gasteiger partial charge in [-0.3, -0.25) is 9.59 Å². The van der Waals surface area contributed by atoms with Crippen molar-refractivity contribution in [3.8, 4) is 17.2 Å². The second-order valence-corrected chi connectivity index (χ2v) is 5.98. The first-order valence-electron chi connectivity index (χ1n) is 8.23. The van der Waals surface area contributed by atoms with Gasteiger partial charge in [0.2, 0.25) is 11.8 Å². The minimum atomic E-state index is -0.180. The Bertz CT molecular complexity index is 820. The first-order chi connectivity index (χ1) is 12.6. The summed E-state index contributed by atoms with van der Waals surface area (Å²) in [5.41, 5.74) is 2.32. The van der Waals surface area contributed by atoms with Gasteiger partial charge in [-0.2, -0.15) is 0 Å². The smallest absolute Gasteiger partial charge is 0.223 e. The fraction of sp³-hybridized carbons (Fsp3) is 0.300. The summed E-state index contributed by atoms with van der Waals surface area (Å²) in [6.45, 7) is 4.90. The van der Waals surface area contributed by atoms with Gasteiger partial charge < -0.3 is 24.7 Å². The van der Waals surface area contributed by atoms with Gasteiger partial charge in [0, 0.05) is 39.7 Å². The molecule has 2 aromatic rings. The molecule has 2 aromatic carbocycles. The Labute approximate surface area is 159 Å². The SMILES string of the molecule is CC(=O)N(C)c1ccc(O)cc1O.COc1ccc(N(C)C(C)=O)c(C)c1. The number of methoxy groups -OCH3 is 1. The molecular formula is C20H26N2O5. The van der Waals surface area contributed by atoms with Gasteiger partial charge in [-0.15, -0.1) is 0 Å². The van der Waals surface area contributed by atoms with Gasteiger partial charge in [0.1, 0.15) is 17.2 Å². The lowest BCUT2D eigenvalue weighted by atomic mass is 10.1. The van der Waals surface area contributed by atoms with E-state index in [0.29, 0.717) is 5.69 Å². The Balaban J connectivity index is 0.000000271. The van der Waals surface area contributed by atoms with Gasteiger partial charge in [-0.25, -0.2) is 0 Å². The molecule has 0 aliphatic heterocycles. The Morgan fingerprint density at radius 2 is 1.41 bits per heavy atom. The number of anilines is 2. The zero-order chi connectivity index (χ0) is 20.7. The third-order valence-electron chi connectivity index (χ3n) is 4.03. The molecule has 0 atom stereocenters. The molecule has 0 saturated carbocycles. The van der Waals surface area contributed by atoms with Crippen LogP contribution in [0.5, 0.6) is 17.2 Å². The Morgan fingerprint density at radius 1 is 0.889 bits per heavy atom. The highest BCUT2D eigenvalue weighted by Gasteiger charge is 2.10. The van der Waals surface area contributed by atoms with Crippen molar-refractivity contribution in [2.45, 2.75) is 20.8 Å². The highest BCUT2D eigenvalue weighted by molar-refractivity contribution is 5.92. The Hall–Kier alpha value is -3.22. The van der Waals surface area contributed by atoms with E-state index in [9.17, 15) is 14.7 Å². The maximum Gasteiger partial charge on any atom is 0.223 e. The second-order valence-electron chi connectivity index (χ2n) is 5.98. The second kappa shape index (κ2) is 9.47. The number of hydrogen-bond donors (Lipinski definition) is 2. The molecule has 0 aliphatic rings. The van der Waals surface area contributed by atoms with E-state index in [4.69, 9.17) is 9.84 Å². The van der Waals surface area contributed by atoms with Crippen molar-refractivity contribution in [3.05, 3.63) is 42.0 Å². The van der Waals surface area contributed by atoms with Crippen LogP contribution in [0.25, 0.3) is 0 Å². The van der Waals surface area contributed by atoms with Gasteiger partial charge in [0.25, 0.3) is 0 Å². The highest BCUT2D eigenvalue weighted by atomic mass is 16.5. The molecule has 7 nitrogen and oxygen atoms in total. The minimum Gasteiger partial charge on any atom is -0.508 e. The molecule has 0 unspecified atom stereocenters. The van der Waals surface area contributed by atoms with Crippen LogP contribution in [-0.4, -0.2) is 43.2 Å². The number of aryl methyl sites for hydroxylation is 1. The summed E-state index contributed by atoms with van der Waals surface area (Å²) in [5, 5.41) is 18.4. The van der Waals surface area contributed by atoms with Crippen molar-refractivity contribution >= 4 is 23.2 Å². The molecule has 0 radical (unpaired) electrons. The van der Waals surface area contributed by atoms with E-state index in [1.54, 1.807) is 33.0 Å². The van der Waals surface area contributed by atoms with E-state index in [0.717, 1.165) is 17.0 Å². The van der Waals surface area contributed by atoms with Gasteiger partial charge in [-0.05, 0) is 42.8 Å². The summed E-state index contributed by atoms with van der Waals surface area (Å²) in [6.07, 6.45) is 0. The molecule has 7 heteroatoms. The number of ether oxygens (including phenoxy) is 1. The van der Waals surface area contributed by atoms with Crippen LogP contribution in [-0.2, 0) is 9.59 Å². The van der Waals surface area contributed by atoms with Gasteiger partial charge in [0.15, 0.2) is 0 Å². The zero-order valence-corrected chi connectivity index (χ0v) is 16.5. The summed E-state index contributed by atoms with van der Waals surface area (Å²) in [4.78, 5) is 25.0. The Morgan fingerprint density at radius 3 is 1.85 bits per heavy atom. The van der Waals surface area contributed by atoms with E-state index < -0.39 is 0 Å². The van der Waals surface area contributed by atoms with Gasteiger partial charge >= 0.3 is 0 Å². The molecule has 146 valence electrons. The lowest BCUT2D eigenvalue weighted by Gasteiger charge is -2.17. The topological polar surface area (TPSA) is 90.3 Å². The predicted molar refractivity (Wildman–Crippen MR) is 106 cm³/mol. The Kier molecular flexibility index (Phi) is 7.65. The molecule has 0 fully saturated rings. The van der Waals surface area contributed by atoms with Gasteiger partial charge in [-0.1, -0.05) is 0 Å². The third-order valence-corrected chi connectivity index (χ3v) is 4.03. The fourth-order valence-corrected chi connectivity index (χ4v) is 2.27. The number of nitrogens with zero attached hydrogens (tertiary/aromatic N) is 2. The van der Waals surface area contributed by atoms with E-state index in [1.807, 2.05) is 25.1 Å². The zero-order valence-electron chi connectivity index (χ0n) is 16.5. The van der Waals surface area contributed by atoms with Crippen LogP contribution in [0.15, 0.2) is 36.4 Å². The number of carbonyl (C=O) groups excluding carboxylic acids is 2. The molecule has 2 N–H and O–H groups in total. The van der Waals surface area contributed by atoms with E-state index in [-0.39, 0.29) is 23.3 Å².